The molecule has 0 aliphatic rings. The number of alkyl halides is 1. The number of amides is 1. The number of carbonyl (C=O) groups excluding carboxylic acids is 1. The van der Waals surface area contributed by atoms with Gasteiger partial charge in [-0.25, -0.2) is 0 Å². The Morgan fingerprint density at radius 1 is 1.43 bits per heavy atom. The van der Waals surface area contributed by atoms with E-state index in [4.69, 9.17) is 5.11 Å². The van der Waals surface area contributed by atoms with E-state index >= 15 is 0 Å². The Balaban J connectivity index is 2.68. The van der Waals surface area contributed by atoms with Crippen molar-refractivity contribution in [1.82, 2.24) is 5.32 Å². The maximum atomic E-state index is 11.1. The van der Waals surface area contributed by atoms with Gasteiger partial charge < -0.3 is 10.4 Å². The number of benzene rings is 1. The summed E-state index contributed by atoms with van der Waals surface area (Å²) in [5.74, 6) is -0.132. The molecule has 4 heteroatoms. The first-order chi connectivity index (χ1) is 6.77. The van der Waals surface area contributed by atoms with Crippen LogP contribution in [-0.4, -0.2) is 23.0 Å². The van der Waals surface area contributed by atoms with Crippen molar-refractivity contribution in [2.24, 2.45) is 0 Å². The van der Waals surface area contributed by atoms with Crippen LogP contribution in [-0.2, 0) is 4.79 Å². The molecule has 1 amide bonds. The lowest BCUT2D eigenvalue weighted by Crippen LogP contribution is -2.31. The van der Waals surface area contributed by atoms with Crippen molar-refractivity contribution < 1.29 is 9.90 Å². The molecule has 0 aliphatic heterocycles. The number of carbonyl (C=O) groups is 1. The summed E-state index contributed by atoms with van der Waals surface area (Å²) in [6, 6.07) is 9.06. The van der Waals surface area contributed by atoms with Gasteiger partial charge in [-0.1, -0.05) is 46.3 Å². The minimum atomic E-state index is -0.318. The first-order valence-electron chi connectivity index (χ1n) is 4.29. The third-order valence-corrected chi connectivity index (χ3v) is 2.35. The van der Waals surface area contributed by atoms with Crippen LogP contribution in [0.4, 0.5) is 0 Å². The minimum Gasteiger partial charge on any atom is -0.394 e. The zero-order valence-electron chi connectivity index (χ0n) is 7.61. The van der Waals surface area contributed by atoms with Gasteiger partial charge in [0.2, 0.25) is 5.91 Å². The van der Waals surface area contributed by atoms with Gasteiger partial charge in [0, 0.05) is 0 Å². The third kappa shape index (κ3) is 3.12. The molecule has 0 saturated carbocycles. The first-order valence-corrected chi connectivity index (χ1v) is 5.41. The monoisotopic (exact) mass is 257 g/mol. The van der Waals surface area contributed by atoms with E-state index in [1.165, 1.54) is 0 Å². The van der Waals surface area contributed by atoms with Crippen molar-refractivity contribution in [2.45, 2.75) is 6.04 Å². The van der Waals surface area contributed by atoms with Gasteiger partial charge in [0.05, 0.1) is 18.0 Å². The van der Waals surface area contributed by atoms with E-state index in [-0.39, 0.29) is 23.9 Å². The van der Waals surface area contributed by atoms with E-state index in [0.29, 0.717) is 0 Å². The number of aliphatic hydroxyl groups excluding tert-OH is 1. The lowest BCUT2D eigenvalue weighted by atomic mass is 10.1. The van der Waals surface area contributed by atoms with E-state index in [2.05, 4.69) is 21.2 Å². The Kier molecular flexibility index (Phi) is 4.62. The average Bonchev–Trinajstić information content (AvgIpc) is 2.26. The summed E-state index contributed by atoms with van der Waals surface area (Å²) in [5.41, 5.74) is 0.907. The lowest BCUT2D eigenvalue weighted by Gasteiger charge is -2.15. The largest absolute Gasteiger partial charge is 0.394 e. The van der Waals surface area contributed by atoms with Gasteiger partial charge in [-0.2, -0.15) is 0 Å². The number of rotatable bonds is 4. The maximum absolute atomic E-state index is 11.1. The second-order valence-corrected chi connectivity index (χ2v) is 3.41. The van der Waals surface area contributed by atoms with Crippen LogP contribution in [0, 0.1) is 0 Å². The van der Waals surface area contributed by atoms with E-state index in [9.17, 15) is 4.79 Å². The molecule has 1 unspecified atom stereocenters. The molecular formula is C10H12BrNO2. The van der Waals surface area contributed by atoms with Crippen molar-refractivity contribution in [2.75, 3.05) is 11.9 Å². The van der Waals surface area contributed by atoms with Crippen molar-refractivity contribution in [3.8, 4) is 0 Å². The summed E-state index contributed by atoms with van der Waals surface area (Å²) >= 11 is 3.05. The molecule has 14 heavy (non-hydrogen) atoms. The zero-order chi connectivity index (χ0) is 10.4. The molecule has 0 bridgehead atoms. The molecule has 1 atom stereocenters. The molecule has 1 aromatic rings. The van der Waals surface area contributed by atoms with Crippen LogP contribution in [0.2, 0.25) is 0 Å². The van der Waals surface area contributed by atoms with E-state index in [1.807, 2.05) is 30.3 Å². The normalized spacial score (nSPS) is 12.1. The second kappa shape index (κ2) is 5.78. The van der Waals surface area contributed by atoms with Gasteiger partial charge in [-0.3, -0.25) is 4.79 Å². The van der Waals surface area contributed by atoms with Crippen molar-refractivity contribution >= 4 is 21.8 Å². The Hall–Kier alpha value is -0.870. The summed E-state index contributed by atoms with van der Waals surface area (Å²) in [5, 5.41) is 12.0. The third-order valence-electron chi connectivity index (χ3n) is 1.84. The number of aliphatic hydroxyl groups is 1. The molecule has 1 rings (SSSR count). The standard InChI is InChI=1S/C10H12BrNO2/c11-6-10(14)12-9(7-13)8-4-2-1-3-5-8/h1-5,9,13H,6-7H2,(H,12,14). The van der Waals surface area contributed by atoms with Crippen LogP contribution in [0.25, 0.3) is 0 Å². The molecule has 0 aromatic heterocycles. The number of hydrogen-bond acceptors (Lipinski definition) is 2. The van der Waals surface area contributed by atoms with Crippen LogP contribution >= 0.6 is 15.9 Å². The quantitative estimate of drug-likeness (QED) is 0.798. The molecule has 0 spiro atoms. The summed E-state index contributed by atoms with van der Waals surface area (Å²) in [4.78, 5) is 11.1. The summed E-state index contributed by atoms with van der Waals surface area (Å²) < 4.78 is 0. The molecule has 0 radical (unpaired) electrons. The van der Waals surface area contributed by atoms with Gasteiger partial charge in [0.1, 0.15) is 0 Å². The molecule has 0 fully saturated rings. The highest BCUT2D eigenvalue weighted by atomic mass is 79.9. The SMILES string of the molecule is O=C(CBr)NC(CO)c1ccccc1. The van der Waals surface area contributed by atoms with Gasteiger partial charge in [-0.15, -0.1) is 0 Å². The highest BCUT2D eigenvalue weighted by Crippen LogP contribution is 2.11. The van der Waals surface area contributed by atoms with Crippen LogP contribution in [0.15, 0.2) is 30.3 Å². The second-order valence-electron chi connectivity index (χ2n) is 2.85. The Morgan fingerprint density at radius 3 is 2.57 bits per heavy atom. The fourth-order valence-corrected chi connectivity index (χ4v) is 1.31. The average molecular weight is 258 g/mol. The van der Waals surface area contributed by atoms with Crippen molar-refractivity contribution in [3.63, 3.8) is 0 Å². The van der Waals surface area contributed by atoms with Gasteiger partial charge in [-0.05, 0) is 5.56 Å². The highest BCUT2D eigenvalue weighted by Gasteiger charge is 2.11. The topological polar surface area (TPSA) is 49.3 Å². The van der Waals surface area contributed by atoms with Gasteiger partial charge in [0.25, 0.3) is 0 Å². The summed E-state index contributed by atoms with van der Waals surface area (Å²) in [7, 11) is 0. The number of nitrogens with one attached hydrogen (secondary N) is 1. The smallest absolute Gasteiger partial charge is 0.231 e. The Morgan fingerprint density at radius 2 is 2.07 bits per heavy atom. The maximum Gasteiger partial charge on any atom is 0.231 e. The van der Waals surface area contributed by atoms with E-state index < -0.39 is 0 Å². The number of halogens is 1. The highest BCUT2D eigenvalue weighted by molar-refractivity contribution is 9.09. The van der Waals surface area contributed by atoms with Crippen LogP contribution in [0.3, 0.4) is 0 Å². The zero-order valence-corrected chi connectivity index (χ0v) is 9.20. The van der Waals surface area contributed by atoms with Crippen LogP contribution < -0.4 is 5.32 Å². The van der Waals surface area contributed by atoms with E-state index in [0.717, 1.165) is 5.56 Å². The number of hydrogen-bond donors (Lipinski definition) is 2. The molecule has 3 nitrogen and oxygen atoms in total. The summed E-state index contributed by atoms with van der Waals surface area (Å²) in [6.45, 7) is -0.0945. The van der Waals surface area contributed by atoms with Crippen molar-refractivity contribution in [1.29, 1.82) is 0 Å². The molecule has 2 N–H and O–H groups in total. The first kappa shape index (κ1) is 11.2. The van der Waals surface area contributed by atoms with Crippen molar-refractivity contribution in [3.05, 3.63) is 35.9 Å². The predicted octanol–water partition coefficient (Wildman–Crippen LogP) is 1.23. The van der Waals surface area contributed by atoms with Crippen LogP contribution in [0.1, 0.15) is 11.6 Å². The minimum absolute atomic E-state index is 0.0945. The summed E-state index contributed by atoms with van der Waals surface area (Å²) in [6.07, 6.45) is 0. The Bertz CT molecular complexity index is 289. The molecule has 0 heterocycles. The molecule has 76 valence electrons. The van der Waals surface area contributed by atoms with Gasteiger partial charge >= 0.3 is 0 Å². The predicted molar refractivity (Wildman–Crippen MR) is 58.2 cm³/mol. The van der Waals surface area contributed by atoms with Crippen LogP contribution in [0.5, 0.6) is 0 Å². The Labute approximate surface area is 91.3 Å². The van der Waals surface area contributed by atoms with E-state index in [1.54, 1.807) is 0 Å². The van der Waals surface area contributed by atoms with Gasteiger partial charge in [0.15, 0.2) is 0 Å². The fourth-order valence-electron chi connectivity index (χ4n) is 1.15. The molecule has 0 saturated heterocycles. The molecule has 0 aliphatic carbocycles. The molecular weight excluding hydrogens is 246 g/mol. The molecule has 1 aromatic carbocycles. The lowest BCUT2D eigenvalue weighted by molar-refractivity contribution is -0.119. The fraction of sp³-hybridized carbons (Fsp3) is 0.300.